The van der Waals surface area contributed by atoms with E-state index in [1.807, 2.05) is 0 Å². The molecule has 0 amide bonds. The lowest BCUT2D eigenvalue weighted by molar-refractivity contribution is 0.225. The Morgan fingerprint density at radius 2 is 1.82 bits per heavy atom. The Hall–Kier alpha value is -0.130. The van der Waals surface area contributed by atoms with Crippen molar-refractivity contribution in [3.8, 4) is 0 Å². The molecular weight excluding hydrogens is 236 g/mol. The molecular formula is C12H22N2O2S. The van der Waals surface area contributed by atoms with Crippen molar-refractivity contribution in [3.63, 3.8) is 0 Å². The van der Waals surface area contributed by atoms with Gasteiger partial charge in [0.15, 0.2) is 9.84 Å². The van der Waals surface area contributed by atoms with E-state index in [4.69, 9.17) is 0 Å². The van der Waals surface area contributed by atoms with Gasteiger partial charge in [-0.1, -0.05) is 0 Å². The van der Waals surface area contributed by atoms with E-state index in [-0.39, 0.29) is 12.1 Å². The Morgan fingerprint density at radius 1 is 1.12 bits per heavy atom. The molecule has 0 aromatic rings. The predicted octanol–water partition coefficient (Wildman–Crippen LogP) is 0.247. The fourth-order valence-corrected chi connectivity index (χ4v) is 5.08. The van der Waals surface area contributed by atoms with Gasteiger partial charge in [0.1, 0.15) is 0 Å². The van der Waals surface area contributed by atoms with Crippen LogP contribution < -0.4 is 5.32 Å². The van der Waals surface area contributed by atoms with Crippen molar-refractivity contribution >= 4 is 9.84 Å². The monoisotopic (exact) mass is 258 g/mol. The number of hydrogen-bond donors (Lipinski definition) is 1. The zero-order chi connectivity index (χ0) is 11.9. The van der Waals surface area contributed by atoms with Gasteiger partial charge in [-0.3, -0.25) is 4.90 Å². The first-order chi connectivity index (χ1) is 8.14. The smallest absolute Gasteiger partial charge is 0.153 e. The van der Waals surface area contributed by atoms with Gasteiger partial charge < -0.3 is 5.32 Å². The Labute approximate surface area is 104 Å². The van der Waals surface area contributed by atoms with Gasteiger partial charge in [0, 0.05) is 12.1 Å². The molecule has 2 aliphatic heterocycles. The summed E-state index contributed by atoms with van der Waals surface area (Å²) < 4.78 is 23.6. The average Bonchev–Trinajstić information content (AvgIpc) is 2.83. The molecule has 3 rings (SSSR count). The largest absolute Gasteiger partial charge is 0.311 e. The van der Waals surface area contributed by atoms with Crippen LogP contribution in [-0.2, 0) is 9.84 Å². The molecule has 0 unspecified atom stereocenters. The molecule has 4 nitrogen and oxygen atoms in total. The Kier molecular flexibility index (Phi) is 3.17. The van der Waals surface area contributed by atoms with E-state index in [0.717, 1.165) is 25.6 Å². The highest BCUT2D eigenvalue weighted by molar-refractivity contribution is 7.91. The third-order valence-electron chi connectivity index (χ3n) is 4.30. The fraction of sp³-hybridized carbons (Fsp3) is 1.00. The van der Waals surface area contributed by atoms with Crippen LogP contribution in [0.4, 0.5) is 0 Å². The van der Waals surface area contributed by atoms with E-state index in [0.29, 0.717) is 11.5 Å². The van der Waals surface area contributed by atoms with E-state index < -0.39 is 9.84 Å². The quantitative estimate of drug-likeness (QED) is 0.785. The molecule has 3 fully saturated rings. The SMILES string of the molecule is O=S1(=O)C[C@H](NCC2CC2)[C@@H](N2CCCC2)C1. The molecule has 2 heterocycles. The summed E-state index contributed by atoms with van der Waals surface area (Å²) in [5, 5.41) is 3.51. The average molecular weight is 258 g/mol. The highest BCUT2D eigenvalue weighted by Gasteiger charge is 2.41. The normalized spacial score (nSPS) is 37.6. The Bertz CT molecular complexity index is 372. The second-order valence-corrected chi connectivity index (χ2v) is 8.00. The van der Waals surface area contributed by atoms with Gasteiger partial charge >= 0.3 is 0 Å². The molecule has 2 atom stereocenters. The van der Waals surface area contributed by atoms with Crippen LogP contribution >= 0.6 is 0 Å². The molecule has 2 saturated heterocycles. The molecule has 0 aromatic heterocycles. The van der Waals surface area contributed by atoms with Crippen molar-refractivity contribution in [2.75, 3.05) is 31.1 Å². The van der Waals surface area contributed by atoms with Gasteiger partial charge in [-0.25, -0.2) is 8.42 Å². The summed E-state index contributed by atoms with van der Waals surface area (Å²) in [5.41, 5.74) is 0. The molecule has 17 heavy (non-hydrogen) atoms. The molecule has 3 aliphatic rings. The second kappa shape index (κ2) is 4.52. The molecule has 1 aliphatic carbocycles. The summed E-state index contributed by atoms with van der Waals surface area (Å²) in [5.74, 6) is 1.54. The number of nitrogens with zero attached hydrogens (tertiary/aromatic N) is 1. The topological polar surface area (TPSA) is 49.4 Å². The first-order valence-electron chi connectivity index (χ1n) is 6.82. The molecule has 0 spiro atoms. The van der Waals surface area contributed by atoms with Gasteiger partial charge in [0.05, 0.1) is 11.5 Å². The number of nitrogens with one attached hydrogen (secondary N) is 1. The van der Waals surface area contributed by atoms with Crippen molar-refractivity contribution in [3.05, 3.63) is 0 Å². The van der Waals surface area contributed by atoms with Crippen LogP contribution in [0.1, 0.15) is 25.7 Å². The minimum atomic E-state index is -2.81. The van der Waals surface area contributed by atoms with Gasteiger partial charge in [0.25, 0.3) is 0 Å². The third kappa shape index (κ3) is 2.83. The Morgan fingerprint density at radius 3 is 2.47 bits per heavy atom. The highest BCUT2D eigenvalue weighted by atomic mass is 32.2. The van der Waals surface area contributed by atoms with E-state index in [1.54, 1.807) is 0 Å². The van der Waals surface area contributed by atoms with Gasteiger partial charge in [-0.2, -0.15) is 0 Å². The van der Waals surface area contributed by atoms with Gasteiger partial charge in [-0.05, 0) is 51.2 Å². The minimum absolute atomic E-state index is 0.179. The number of rotatable bonds is 4. The van der Waals surface area contributed by atoms with Crippen molar-refractivity contribution in [2.45, 2.75) is 37.8 Å². The lowest BCUT2D eigenvalue weighted by Crippen LogP contribution is -2.48. The van der Waals surface area contributed by atoms with Crippen LogP contribution in [0.5, 0.6) is 0 Å². The summed E-state index contributed by atoms with van der Waals surface area (Å²) in [7, 11) is -2.81. The first-order valence-corrected chi connectivity index (χ1v) is 8.64. The van der Waals surface area contributed by atoms with E-state index in [2.05, 4.69) is 10.2 Å². The maximum absolute atomic E-state index is 11.8. The Balaban J connectivity index is 1.64. The fourth-order valence-electron chi connectivity index (χ4n) is 3.10. The molecule has 1 saturated carbocycles. The van der Waals surface area contributed by atoms with E-state index in [9.17, 15) is 8.42 Å². The molecule has 5 heteroatoms. The molecule has 0 aromatic carbocycles. The molecule has 0 bridgehead atoms. The zero-order valence-corrected chi connectivity index (χ0v) is 11.1. The van der Waals surface area contributed by atoms with Gasteiger partial charge in [0.2, 0.25) is 0 Å². The van der Waals surface area contributed by atoms with Crippen molar-refractivity contribution < 1.29 is 8.42 Å². The van der Waals surface area contributed by atoms with Crippen LogP contribution in [0.15, 0.2) is 0 Å². The van der Waals surface area contributed by atoms with Crippen LogP contribution in [-0.4, -0.2) is 56.5 Å². The third-order valence-corrected chi connectivity index (χ3v) is 6.01. The maximum Gasteiger partial charge on any atom is 0.153 e. The van der Waals surface area contributed by atoms with Crippen LogP contribution in [0.3, 0.4) is 0 Å². The van der Waals surface area contributed by atoms with E-state index in [1.165, 1.54) is 25.7 Å². The maximum atomic E-state index is 11.8. The highest BCUT2D eigenvalue weighted by Crippen LogP contribution is 2.29. The number of sulfone groups is 1. The first kappa shape index (κ1) is 11.9. The van der Waals surface area contributed by atoms with Crippen LogP contribution in [0, 0.1) is 5.92 Å². The standard InChI is InChI=1S/C12H22N2O2S/c15-17(16)8-11(13-7-10-3-4-10)12(9-17)14-5-1-2-6-14/h10-13H,1-9H2/t11-,12-/m0/s1. The lowest BCUT2D eigenvalue weighted by Gasteiger charge is -2.28. The summed E-state index contributed by atoms with van der Waals surface area (Å²) in [4.78, 5) is 2.38. The minimum Gasteiger partial charge on any atom is -0.311 e. The summed E-state index contributed by atoms with van der Waals surface area (Å²) >= 11 is 0. The summed E-state index contributed by atoms with van der Waals surface area (Å²) in [6.07, 6.45) is 5.10. The van der Waals surface area contributed by atoms with E-state index >= 15 is 0 Å². The predicted molar refractivity (Wildman–Crippen MR) is 67.8 cm³/mol. The summed E-state index contributed by atoms with van der Waals surface area (Å²) in [6.45, 7) is 3.19. The second-order valence-electron chi connectivity index (χ2n) is 5.85. The molecule has 98 valence electrons. The zero-order valence-electron chi connectivity index (χ0n) is 10.3. The van der Waals surface area contributed by atoms with Crippen LogP contribution in [0.2, 0.25) is 0 Å². The van der Waals surface area contributed by atoms with Crippen molar-refractivity contribution in [1.29, 1.82) is 0 Å². The summed E-state index contributed by atoms with van der Waals surface area (Å²) in [6, 6.07) is 0.417. The number of likely N-dealkylation sites (tertiary alicyclic amines) is 1. The van der Waals surface area contributed by atoms with Crippen LogP contribution in [0.25, 0.3) is 0 Å². The lowest BCUT2D eigenvalue weighted by atomic mass is 10.1. The van der Waals surface area contributed by atoms with Crippen molar-refractivity contribution in [2.24, 2.45) is 5.92 Å². The van der Waals surface area contributed by atoms with Crippen molar-refractivity contribution in [1.82, 2.24) is 10.2 Å². The number of hydrogen-bond acceptors (Lipinski definition) is 4. The molecule has 0 radical (unpaired) electrons. The molecule has 1 N–H and O–H groups in total. The van der Waals surface area contributed by atoms with Gasteiger partial charge in [-0.15, -0.1) is 0 Å².